The number of carboxylic acid groups (broad SMARTS) is 1. The number of aliphatic hydroxyl groups excluding tert-OH is 1. The summed E-state index contributed by atoms with van der Waals surface area (Å²) in [4.78, 5) is 29.0. The fraction of sp³-hybridized carbons (Fsp3) is 0.667. The fourth-order valence-electron chi connectivity index (χ4n) is 4.71. The highest BCUT2D eigenvalue weighted by atomic mass is 32.1. The van der Waals surface area contributed by atoms with Crippen molar-refractivity contribution < 1.29 is 19.8 Å². The molecule has 6 heteroatoms. The van der Waals surface area contributed by atoms with Gasteiger partial charge in [-0.05, 0) is 62.8 Å². The van der Waals surface area contributed by atoms with Crippen molar-refractivity contribution in [2.45, 2.75) is 90.7 Å². The van der Waals surface area contributed by atoms with E-state index in [1.54, 1.807) is 4.90 Å². The van der Waals surface area contributed by atoms with Crippen LogP contribution in [-0.4, -0.2) is 34.2 Å². The molecule has 1 fully saturated rings. The number of carboxylic acids is 1. The Morgan fingerprint density at radius 2 is 1.80 bits per heavy atom. The number of hydrogen-bond donors (Lipinski definition) is 2. The van der Waals surface area contributed by atoms with Gasteiger partial charge in [-0.25, -0.2) is 4.79 Å². The molecule has 2 atom stereocenters. The normalized spacial score (nSPS) is 27.5. The van der Waals surface area contributed by atoms with Gasteiger partial charge in [0.25, 0.3) is 0 Å². The highest BCUT2D eigenvalue weighted by Gasteiger charge is 2.39. The van der Waals surface area contributed by atoms with Gasteiger partial charge in [0.2, 0.25) is 5.91 Å². The highest BCUT2D eigenvalue weighted by Crippen LogP contribution is 2.42. The molecule has 1 heterocycles. The van der Waals surface area contributed by atoms with Crippen LogP contribution in [0.5, 0.6) is 0 Å². The SMILES string of the molecule is CC1=CC[C@H](C(=O)N(c2cc(C(C)(C)C)sc2C(=O)O)C2CCC(O)CC2)[C@@H](C)C1. The van der Waals surface area contributed by atoms with Gasteiger partial charge in [0, 0.05) is 16.8 Å². The van der Waals surface area contributed by atoms with Crippen LogP contribution in [0.4, 0.5) is 5.69 Å². The molecule has 0 aliphatic heterocycles. The van der Waals surface area contributed by atoms with Crippen molar-refractivity contribution in [3.63, 3.8) is 0 Å². The average Bonchev–Trinajstić information content (AvgIpc) is 3.09. The lowest BCUT2D eigenvalue weighted by Crippen LogP contribution is -2.48. The largest absolute Gasteiger partial charge is 0.477 e. The van der Waals surface area contributed by atoms with E-state index < -0.39 is 5.97 Å². The molecule has 0 spiro atoms. The Kier molecular flexibility index (Phi) is 6.78. The summed E-state index contributed by atoms with van der Waals surface area (Å²) in [7, 11) is 0. The van der Waals surface area contributed by atoms with Crippen LogP contribution in [0.25, 0.3) is 0 Å². The second kappa shape index (κ2) is 8.83. The standard InChI is InChI=1S/C24H35NO4S/c1-14-6-11-18(15(2)12-14)22(27)25(16-7-9-17(26)10-8-16)19-13-20(24(3,4)5)30-21(19)23(28)29/h6,13,15-18,26H,7-12H2,1-5H3,(H,28,29)/t15-,16?,17?,18-/m0/s1. The third kappa shape index (κ3) is 4.80. The van der Waals surface area contributed by atoms with E-state index in [-0.39, 0.29) is 40.2 Å². The van der Waals surface area contributed by atoms with E-state index in [4.69, 9.17) is 0 Å². The molecular formula is C24H35NO4S. The molecule has 166 valence electrons. The number of aromatic carboxylic acids is 1. The maximum atomic E-state index is 13.9. The van der Waals surface area contributed by atoms with Crippen LogP contribution in [0, 0.1) is 11.8 Å². The molecule has 1 saturated carbocycles. The summed E-state index contributed by atoms with van der Waals surface area (Å²) in [6.45, 7) is 10.4. The number of aliphatic hydroxyl groups is 1. The predicted molar refractivity (Wildman–Crippen MR) is 121 cm³/mol. The third-order valence-corrected chi connectivity index (χ3v) is 8.08. The van der Waals surface area contributed by atoms with E-state index in [1.165, 1.54) is 16.9 Å². The quantitative estimate of drug-likeness (QED) is 0.626. The molecular weight excluding hydrogens is 398 g/mol. The number of carbonyl (C=O) groups excluding carboxylic acids is 1. The van der Waals surface area contributed by atoms with E-state index in [2.05, 4.69) is 40.7 Å². The Morgan fingerprint density at radius 1 is 1.17 bits per heavy atom. The van der Waals surface area contributed by atoms with E-state index in [0.29, 0.717) is 37.8 Å². The second-order valence-corrected chi connectivity index (χ2v) is 11.2. The average molecular weight is 434 g/mol. The minimum atomic E-state index is -0.980. The molecule has 0 saturated heterocycles. The number of carbonyl (C=O) groups is 2. The maximum Gasteiger partial charge on any atom is 0.348 e. The van der Waals surface area contributed by atoms with Crippen LogP contribution in [0.1, 0.15) is 87.7 Å². The van der Waals surface area contributed by atoms with Gasteiger partial charge in [-0.3, -0.25) is 4.79 Å². The van der Waals surface area contributed by atoms with Crippen LogP contribution in [0.15, 0.2) is 17.7 Å². The number of nitrogens with zero attached hydrogens (tertiary/aromatic N) is 1. The minimum Gasteiger partial charge on any atom is -0.477 e. The smallest absolute Gasteiger partial charge is 0.348 e. The van der Waals surface area contributed by atoms with E-state index in [0.717, 1.165) is 11.3 Å². The van der Waals surface area contributed by atoms with E-state index in [1.807, 2.05) is 6.07 Å². The molecule has 0 bridgehead atoms. The van der Waals surface area contributed by atoms with Gasteiger partial charge < -0.3 is 15.1 Å². The summed E-state index contributed by atoms with van der Waals surface area (Å²) < 4.78 is 0. The summed E-state index contributed by atoms with van der Waals surface area (Å²) in [6.07, 6.45) is 6.11. The van der Waals surface area contributed by atoms with Crippen molar-refractivity contribution in [3.8, 4) is 0 Å². The van der Waals surface area contributed by atoms with Crippen LogP contribution in [0.3, 0.4) is 0 Å². The highest BCUT2D eigenvalue weighted by molar-refractivity contribution is 7.14. The topological polar surface area (TPSA) is 77.8 Å². The molecule has 3 rings (SSSR count). The van der Waals surface area contributed by atoms with Crippen molar-refractivity contribution in [1.82, 2.24) is 0 Å². The van der Waals surface area contributed by atoms with Crippen molar-refractivity contribution >= 4 is 28.9 Å². The molecule has 2 aliphatic carbocycles. The number of rotatable bonds is 4. The van der Waals surface area contributed by atoms with Gasteiger partial charge in [-0.1, -0.05) is 39.3 Å². The third-order valence-electron chi connectivity index (χ3n) is 6.54. The lowest BCUT2D eigenvalue weighted by molar-refractivity contribution is -0.124. The van der Waals surface area contributed by atoms with Crippen molar-refractivity contribution in [2.24, 2.45) is 11.8 Å². The lowest BCUT2D eigenvalue weighted by atomic mass is 9.79. The summed E-state index contributed by atoms with van der Waals surface area (Å²) in [5, 5.41) is 19.9. The van der Waals surface area contributed by atoms with Crippen LogP contribution < -0.4 is 4.90 Å². The van der Waals surface area contributed by atoms with Crippen LogP contribution in [0.2, 0.25) is 0 Å². The lowest BCUT2D eigenvalue weighted by Gasteiger charge is -2.39. The number of amides is 1. The summed E-state index contributed by atoms with van der Waals surface area (Å²) in [5.41, 5.74) is 1.67. The van der Waals surface area contributed by atoms with Gasteiger partial charge in [0.15, 0.2) is 0 Å². The first-order chi connectivity index (χ1) is 14.0. The zero-order chi connectivity index (χ0) is 22.2. The van der Waals surface area contributed by atoms with Crippen molar-refractivity contribution in [3.05, 3.63) is 27.5 Å². The van der Waals surface area contributed by atoms with Crippen molar-refractivity contribution in [2.75, 3.05) is 4.90 Å². The van der Waals surface area contributed by atoms with Gasteiger partial charge in [0.1, 0.15) is 4.88 Å². The van der Waals surface area contributed by atoms with E-state index >= 15 is 0 Å². The monoisotopic (exact) mass is 433 g/mol. The van der Waals surface area contributed by atoms with Crippen LogP contribution >= 0.6 is 11.3 Å². The van der Waals surface area contributed by atoms with Gasteiger partial charge in [-0.15, -0.1) is 11.3 Å². The molecule has 0 unspecified atom stereocenters. The molecule has 1 aromatic heterocycles. The number of hydrogen-bond acceptors (Lipinski definition) is 4. The molecule has 0 radical (unpaired) electrons. The minimum absolute atomic E-state index is 0.0356. The van der Waals surface area contributed by atoms with Gasteiger partial charge in [0.05, 0.1) is 11.8 Å². The zero-order valence-electron chi connectivity index (χ0n) is 18.8. The van der Waals surface area contributed by atoms with Gasteiger partial charge >= 0.3 is 5.97 Å². The van der Waals surface area contributed by atoms with E-state index in [9.17, 15) is 19.8 Å². The zero-order valence-corrected chi connectivity index (χ0v) is 19.6. The number of thiophene rings is 1. The Hall–Kier alpha value is -1.66. The molecule has 1 aromatic rings. The molecule has 5 nitrogen and oxygen atoms in total. The molecule has 2 N–H and O–H groups in total. The molecule has 1 amide bonds. The Balaban J connectivity index is 2.05. The fourth-order valence-corrected chi connectivity index (χ4v) is 5.76. The Bertz CT molecular complexity index is 827. The number of allylic oxidation sites excluding steroid dienone is 2. The molecule has 30 heavy (non-hydrogen) atoms. The van der Waals surface area contributed by atoms with Crippen molar-refractivity contribution in [1.29, 1.82) is 0 Å². The second-order valence-electron chi connectivity index (χ2n) is 10.1. The van der Waals surface area contributed by atoms with Crippen LogP contribution in [-0.2, 0) is 10.2 Å². The summed E-state index contributed by atoms with van der Waals surface area (Å²) in [5.74, 6) is -0.853. The number of anilines is 1. The Labute approximate surface area is 183 Å². The molecule has 2 aliphatic rings. The summed E-state index contributed by atoms with van der Waals surface area (Å²) >= 11 is 1.28. The first kappa shape index (κ1) is 23.0. The first-order valence-corrected chi connectivity index (χ1v) is 11.8. The summed E-state index contributed by atoms with van der Waals surface area (Å²) in [6, 6.07) is 1.85. The Morgan fingerprint density at radius 3 is 2.33 bits per heavy atom. The first-order valence-electron chi connectivity index (χ1n) is 11.0. The van der Waals surface area contributed by atoms with Gasteiger partial charge in [-0.2, -0.15) is 0 Å². The predicted octanol–water partition coefficient (Wildman–Crippen LogP) is 5.37. The maximum absolute atomic E-state index is 13.9. The molecule has 0 aromatic carbocycles.